The maximum atomic E-state index is 12.8. The number of aromatic carboxylic acids is 1. The molecule has 132 valence electrons. The molecule has 1 aliphatic rings. The topological polar surface area (TPSA) is 70.0 Å². The van der Waals surface area contributed by atoms with Gasteiger partial charge in [-0.05, 0) is 55.2 Å². The van der Waals surface area contributed by atoms with Crippen molar-refractivity contribution in [3.63, 3.8) is 0 Å². The SMILES string of the molecule is CSc1ccc(/C=C2/C(=O)N(c3ccc(Cl)c(C(=O)O)c3)N=C2C)cc1. The number of halogens is 1. The number of hydrazone groups is 1. The largest absolute Gasteiger partial charge is 0.478 e. The summed E-state index contributed by atoms with van der Waals surface area (Å²) in [5.74, 6) is -1.47. The van der Waals surface area contributed by atoms with Gasteiger partial charge in [-0.3, -0.25) is 4.79 Å². The van der Waals surface area contributed by atoms with Gasteiger partial charge in [0.25, 0.3) is 5.91 Å². The van der Waals surface area contributed by atoms with Gasteiger partial charge in [0.15, 0.2) is 0 Å². The second kappa shape index (κ2) is 7.35. The predicted molar refractivity (Wildman–Crippen MR) is 105 cm³/mol. The molecular formula is C19H15ClN2O3S. The van der Waals surface area contributed by atoms with Crippen molar-refractivity contribution < 1.29 is 14.7 Å². The van der Waals surface area contributed by atoms with Crippen LogP contribution in [0.25, 0.3) is 6.08 Å². The Morgan fingerprint density at radius 3 is 2.54 bits per heavy atom. The number of hydrogen-bond donors (Lipinski definition) is 1. The normalized spacial score (nSPS) is 15.5. The van der Waals surface area contributed by atoms with E-state index in [4.69, 9.17) is 11.6 Å². The third-order valence-corrected chi connectivity index (χ3v) is 4.99. The fraction of sp³-hybridized carbons (Fsp3) is 0.105. The van der Waals surface area contributed by atoms with E-state index in [9.17, 15) is 14.7 Å². The van der Waals surface area contributed by atoms with Crippen LogP contribution >= 0.6 is 23.4 Å². The molecule has 0 saturated carbocycles. The Hall–Kier alpha value is -2.57. The number of hydrogen-bond acceptors (Lipinski definition) is 4. The van der Waals surface area contributed by atoms with Crippen LogP contribution in [0.4, 0.5) is 5.69 Å². The number of thioether (sulfide) groups is 1. The minimum Gasteiger partial charge on any atom is -0.478 e. The van der Waals surface area contributed by atoms with Crippen molar-refractivity contribution in [1.29, 1.82) is 0 Å². The summed E-state index contributed by atoms with van der Waals surface area (Å²) >= 11 is 7.54. The molecule has 2 aromatic rings. The van der Waals surface area contributed by atoms with E-state index in [-0.39, 0.29) is 16.5 Å². The number of nitrogens with zero attached hydrogens (tertiary/aromatic N) is 2. The molecule has 1 amide bonds. The Kier molecular flexibility index (Phi) is 5.15. The molecule has 7 heteroatoms. The fourth-order valence-corrected chi connectivity index (χ4v) is 3.14. The summed E-state index contributed by atoms with van der Waals surface area (Å²) in [5.41, 5.74) is 2.21. The van der Waals surface area contributed by atoms with E-state index in [0.717, 1.165) is 10.5 Å². The van der Waals surface area contributed by atoms with Crippen molar-refractivity contribution >= 4 is 52.7 Å². The zero-order valence-electron chi connectivity index (χ0n) is 14.1. The lowest BCUT2D eigenvalue weighted by Crippen LogP contribution is -2.21. The van der Waals surface area contributed by atoms with E-state index in [1.165, 1.54) is 17.1 Å². The lowest BCUT2D eigenvalue weighted by molar-refractivity contribution is -0.114. The molecule has 0 spiro atoms. The van der Waals surface area contributed by atoms with Crippen LogP contribution in [0.1, 0.15) is 22.8 Å². The van der Waals surface area contributed by atoms with E-state index in [0.29, 0.717) is 17.0 Å². The molecule has 1 aliphatic heterocycles. The van der Waals surface area contributed by atoms with Crippen molar-refractivity contribution in [2.75, 3.05) is 11.3 Å². The van der Waals surface area contributed by atoms with E-state index in [1.807, 2.05) is 30.5 Å². The first-order valence-electron chi connectivity index (χ1n) is 7.69. The minimum absolute atomic E-state index is 0.0742. The summed E-state index contributed by atoms with van der Waals surface area (Å²) in [4.78, 5) is 25.2. The van der Waals surface area contributed by atoms with E-state index in [2.05, 4.69) is 5.10 Å². The summed E-state index contributed by atoms with van der Waals surface area (Å²) in [7, 11) is 0. The number of carbonyl (C=O) groups excluding carboxylic acids is 1. The molecule has 5 nitrogen and oxygen atoms in total. The standard InChI is InChI=1S/C19H15ClN2O3S/c1-11-15(9-12-3-6-14(26-2)7-4-12)18(23)22(21-11)13-5-8-17(20)16(10-13)19(24)25/h3-10H,1-2H3,(H,24,25)/b15-9+. The van der Waals surface area contributed by atoms with Crippen LogP contribution in [-0.2, 0) is 4.79 Å². The summed E-state index contributed by atoms with van der Waals surface area (Å²) in [5, 5.41) is 14.8. The lowest BCUT2D eigenvalue weighted by atomic mass is 10.1. The van der Waals surface area contributed by atoms with E-state index >= 15 is 0 Å². The highest BCUT2D eigenvalue weighted by atomic mass is 35.5. The summed E-state index contributed by atoms with van der Waals surface area (Å²) in [6, 6.07) is 12.2. The smallest absolute Gasteiger partial charge is 0.337 e. The molecule has 0 bridgehead atoms. The van der Waals surface area contributed by atoms with Crippen molar-refractivity contribution in [2.45, 2.75) is 11.8 Å². The molecule has 2 aromatic carbocycles. The first kappa shape index (κ1) is 18.2. The molecule has 3 rings (SSSR count). The molecule has 0 unspecified atom stereocenters. The third kappa shape index (κ3) is 3.52. The van der Waals surface area contributed by atoms with Gasteiger partial charge in [0.2, 0.25) is 0 Å². The number of rotatable bonds is 4. The molecule has 0 atom stereocenters. The highest BCUT2D eigenvalue weighted by Crippen LogP contribution is 2.29. The summed E-state index contributed by atoms with van der Waals surface area (Å²) in [6.07, 6.45) is 3.78. The van der Waals surface area contributed by atoms with Gasteiger partial charge in [-0.15, -0.1) is 11.8 Å². The molecule has 1 N–H and O–H groups in total. The van der Waals surface area contributed by atoms with Gasteiger partial charge >= 0.3 is 5.97 Å². The van der Waals surface area contributed by atoms with Gasteiger partial charge < -0.3 is 5.11 Å². The number of carbonyl (C=O) groups is 2. The van der Waals surface area contributed by atoms with Gasteiger partial charge in [0, 0.05) is 4.90 Å². The minimum atomic E-state index is -1.16. The Labute approximate surface area is 160 Å². The highest BCUT2D eigenvalue weighted by molar-refractivity contribution is 7.98. The maximum absolute atomic E-state index is 12.8. The van der Waals surface area contributed by atoms with Crippen LogP contribution < -0.4 is 5.01 Å². The predicted octanol–water partition coefficient (Wildman–Crippen LogP) is 4.57. The number of carboxylic acids is 1. The van der Waals surface area contributed by atoms with Crippen LogP contribution in [0.5, 0.6) is 0 Å². The van der Waals surface area contributed by atoms with Crippen molar-refractivity contribution in [3.05, 3.63) is 64.2 Å². The zero-order valence-corrected chi connectivity index (χ0v) is 15.6. The van der Waals surface area contributed by atoms with Gasteiger partial charge in [-0.1, -0.05) is 23.7 Å². The Morgan fingerprint density at radius 1 is 1.23 bits per heavy atom. The Bertz CT molecular complexity index is 952. The van der Waals surface area contributed by atoms with Gasteiger partial charge in [0.1, 0.15) is 0 Å². The third-order valence-electron chi connectivity index (χ3n) is 3.91. The highest BCUT2D eigenvalue weighted by Gasteiger charge is 2.29. The Morgan fingerprint density at radius 2 is 1.92 bits per heavy atom. The molecule has 1 heterocycles. The van der Waals surface area contributed by atoms with Crippen LogP contribution in [0.3, 0.4) is 0 Å². The van der Waals surface area contributed by atoms with Crippen molar-refractivity contribution in [3.8, 4) is 0 Å². The molecule has 0 fully saturated rings. The van der Waals surface area contributed by atoms with Crippen LogP contribution in [-0.4, -0.2) is 29.0 Å². The summed E-state index contributed by atoms with van der Waals surface area (Å²) < 4.78 is 0. The quantitative estimate of drug-likeness (QED) is 0.617. The second-order valence-electron chi connectivity index (χ2n) is 5.60. The number of carboxylic acid groups (broad SMARTS) is 1. The first-order valence-corrected chi connectivity index (χ1v) is 9.29. The van der Waals surface area contributed by atoms with Gasteiger partial charge in [-0.2, -0.15) is 10.1 Å². The van der Waals surface area contributed by atoms with Crippen LogP contribution in [0, 0.1) is 0 Å². The number of anilines is 1. The van der Waals surface area contributed by atoms with Crippen molar-refractivity contribution in [2.24, 2.45) is 5.10 Å². The maximum Gasteiger partial charge on any atom is 0.337 e. The zero-order chi connectivity index (χ0) is 18.8. The monoisotopic (exact) mass is 386 g/mol. The first-order chi connectivity index (χ1) is 12.4. The average Bonchev–Trinajstić information content (AvgIpc) is 2.91. The number of benzene rings is 2. The molecule has 0 aromatic heterocycles. The summed E-state index contributed by atoms with van der Waals surface area (Å²) in [6.45, 7) is 1.74. The molecule has 0 saturated heterocycles. The van der Waals surface area contributed by atoms with E-state index < -0.39 is 5.97 Å². The molecule has 26 heavy (non-hydrogen) atoms. The molecule has 0 aliphatic carbocycles. The van der Waals surface area contributed by atoms with Crippen LogP contribution in [0.15, 0.2) is 58.0 Å². The number of amides is 1. The van der Waals surface area contributed by atoms with E-state index in [1.54, 1.807) is 30.8 Å². The average molecular weight is 387 g/mol. The second-order valence-corrected chi connectivity index (χ2v) is 6.89. The lowest BCUT2D eigenvalue weighted by Gasteiger charge is -2.13. The van der Waals surface area contributed by atoms with Gasteiger partial charge in [-0.25, -0.2) is 4.79 Å². The molecule has 0 radical (unpaired) electrons. The van der Waals surface area contributed by atoms with Crippen molar-refractivity contribution in [1.82, 2.24) is 0 Å². The Balaban J connectivity index is 1.94. The van der Waals surface area contributed by atoms with Crippen LogP contribution in [0.2, 0.25) is 5.02 Å². The molecular weight excluding hydrogens is 372 g/mol. The van der Waals surface area contributed by atoms with Gasteiger partial charge in [0.05, 0.1) is 27.6 Å². The fourth-order valence-electron chi connectivity index (χ4n) is 2.53.